The summed E-state index contributed by atoms with van der Waals surface area (Å²) in [6, 6.07) is 0. The molecule has 9 nitrogen and oxygen atoms in total. The Labute approximate surface area is 375 Å². The Kier molecular flexibility index (Phi) is 38.7. The van der Waals surface area contributed by atoms with Crippen LogP contribution in [0.15, 0.2) is 134 Å². The zero-order chi connectivity index (χ0) is 45.0. The van der Waals surface area contributed by atoms with Crippen molar-refractivity contribution in [1.82, 2.24) is 0 Å². The van der Waals surface area contributed by atoms with Gasteiger partial charge in [-0.3, -0.25) is 4.79 Å². The van der Waals surface area contributed by atoms with Gasteiger partial charge in [-0.05, 0) is 96.3 Å². The average Bonchev–Trinajstić information content (AvgIpc) is 3.27. The van der Waals surface area contributed by atoms with Gasteiger partial charge in [0, 0.05) is 13.0 Å². The molecule has 0 spiro atoms. The molecule has 1 saturated heterocycles. The lowest BCUT2D eigenvalue weighted by atomic mass is 9.99. The molecule has 1 heterocycles. The summed E-state index contributed by atoms with van der Waals surface area (Å²) in [5.41, 5.74) is 0. The topological polar surface area (TPSA) is 135 Å². The Bertz CT molecular complexity index is 1400. The Balaban J connectivity index is 2.30. The molecule has 6 atom stereocenters. The highest BCUT2D eigenvalue weighted by molar-refractivity contribution is 5.69. The molecule has 1 aliphatic rings. The van der Waals surface area contributed by atoms with E-state index >= 15 is 0 Å². The lowest BCUT2D eigenvalue weighted by molar-refractivity contribution is -0.305. The van der Waals surface area contributed by atoms with Gasteiger partial charge in [-0.1, -0.05) is 160 Å². The minimum absolute atomic E-state index is 0.0878. The molecular weight excluding hydrogens is 781 g/mol. The number of hydrogen-bond donors (Lipinski definition) is 4. The Morgan fingerprint density at radius 2 is 0.935 bits per heavy atom. The van der Waals surface area contributed by atoms with E-state index in [0.717, 1.165) is 103 Å². The number of carbonyl (C=O) groups excluding carboxylic acids is 1. The molecule has 1 rings (SSSR count). The number of allylic oxidation sites excluding steroid dienone is 22. The molecule has 0 aromatic heterocycles. The Morgan fingerprint density at radius 3 is 1.39 bits per heavy atom. The summed E-state index contributed by atoms with van der Waals surface area (Å²) in [7, 11) is 0. The number of rotatable bonds is 37. The van der Waals surface area contributed by atoms with Crippen molar-refractivity contribution in [3.8, 4) is 0 Å². The van der Waals surface area contributed by atoms with Crippen LogP contribution in [0.25, 0.3) is 0 Å². The molecule has 1 fully saturated rings. The summed E-state index contributed by atoms with van der Waals surface area (Å²) < 4.78 is 22.7. The van der Waals surface area contributed by atoms with Gasteiger partial charge in [-0.2, -0.15) is 0 Å². The monoisotopic (exact) mass is 863 g/mol. The van der Waals surface area contributed by atoms with Crippen molar-refractivity contribution in [1.29, 1.82) is 0 Å². The SMILES string of the molecule is CC/C=C\C/C=C\C/C=C\C/C=C\C/C=C\C/C=C\C/C=C\CCCCCCOCC(COC1OC(CO)C(O)C(O)C1O)OC(=O)CC/C=C\C/C=C\C/C=C\C/C=C\CC. The van der Waals surface area contributed by atoms with E-state index in [0.29, 0.717) is 13.0 Å². The van der Waals surface area contributed by atoms with Crippen molar-refractivity contribution in [2.45, 2.75) is 166 Å². The Morgan fingerprint density at radius 1 is 0.516 bits per heavy atom. The third kappa shape index (κ3) is 33.0. The molecule has 6 unspecified atom stereocenters. The van der Waals surface area contributed by atoms with Crippen LogP contribution in [0.1, 0.15) is 129 Å². The van der Waals surface area contributed by atoms with E-state index in [1.165, 1.54) is 0 Å². The van der Waals surface area contributed by atoms with Crippen LogP contribution in [-0.2, 0) is 23.7 Å². The first-order chi connectivity index (χ1) is 30.4. The molecular formula is C53H82O9. The highest BCUT2D eigenvalue weighted by atomic mass is 16.7. The molecule has 0 aromatic carbocycles. The van der Waals surface area contributed by atoms with Gasteiger partial charge < -0.3 is 39.4 Å². The predicted octanol–water partition coefficient (Wildman–Crippen LogP) is 10.9. The number of esters is 1. The second-order valence-electron chi connectivity index (χ2n) is 15.1. The number of ether oxygens (including phenoxy) is 4. The van der Waals surface area contributed by atoms with Crippen LogP contribution in [-0.4, -0.2) is 89.6 Å². The van der Waals surface area contributed by atoms with E-state index in [-0.39, 0.29) is 19.6 Å². The van der Waals surface area contributed by atoms with Crippen LogP contribution in [0, 0.1) is 0 Å². The van der Waals surface area contributed by atoms with E-state index in [2.05, 4.69) is 135 Å². The van der Waals surface area contributed by atoms with Gasteiger partial charge in [0.15, 0.2) is 6.29 Å². The van der Waals surface area contributed by atoms with Crippen LogP contribution in [0.3, 0.4) is 0 Å². The van der Waals surface area contributed by atoms with Crippen LogP contribution >= 0.6 is 0 Å². The fraction of sp³-hybridized carbons (Fsp3) is 0.566. The van der Waals surface area contributed by atoms with Gasteiger partial charge in [0.25, 0.3) is 0 Å². The number of aliphatic hydroxyl groups is 4. The fourth-order valence-corrected chi connectivity index (χ4v) is 6.01. The molecule has 0 saturated carbocycles. The minimum Gasteiger partial charge on any atom is -0.457 e. The number of carbonyl (C=O) groups is 1. The van der Waals surface area contributed by atoms with Crippen LogP contribution in [0.5, 0.6) is 0 Å². The summed E-state index contributed by atoms with van der Waals surface area (Å²) in [4.78, 5) is 12.7. The van der Waals surface area contributed by atoms with Crippen molar-refractivity contribution >= 4 is 5.97 Å². The summed E-state index contributed by atoms with van der Waals surface area (Å²) in [5.74, 6) is -0.410. The third-order valence-corrected chi connectivity index (χ3v) is 9.58. The molecule has 62 heavy (non-hydrogen) atoms. The number of hydrogen-bond acceptors (Lipinski definition) is 9. The van der Waals surface area contributed by atoms with Gasteiger partial charge >= 0.3 is 5.97 Å². The van der Waals surface area contributed by atoms with E-state index in [1.807, 2.05) is 12.2 Å². The maximum atomic E-state index is 12.7. The Hall–Kier alpha value is -3.67. The highest BCUT2D eigenvalue weighted by Crippen LogP contribution is 2.22. The second kappa shape index (κ2) is 42.6. The smallest absolute Gasteiger partial charge is 0.306 e. The molecule has 9 heteroatoms. The average molecular weight is 863 g/mol. The normalized spacial score (nSPS) is 21.0. The maximum absolute atomic E-state index is 12.7. The maximum Gasteiger partial charge on any atom is 0.306 e. The van der Waals surface area contributed by atoms with Gasteiger partial charge in [-0.25, -0.2) is 0 Å². The van der Waals surface area contributed by atoms with E-state index < -0.39 is 49.4 Å². The largest absolute Gasteiger partial charge is 0.457 e. The lowest BCUT2D eigenvalue weighted by Gasteiger charge is -2.39. The first kappa shape index (κ1) is 56.3. The number of aliphatic hydroxyl groups excluding tert-OH is 4. The lowest BCUT2D eigenvalue weighted by Crippen LogP contribution is -2.59. The van der Waals surface area contributed by atoms with Gasteiger partial charge in [-0.15, -0.1) is 0 Å². The standard InChI is InChI=1S/C53H82O9/c1-3-5-7-9-11-13-15-17-18-19-20-21-22-23-24-25-26-27-28-29-31-33-35-37-39-41-43-59-45-47(46-60-53-52(58)51(57)50(56)48(44-54)62-53)61-49(55)42-40-38-36-34-32-30-16-14-12-10-8-6-4-2/h5-8,11-14,17-18,20-21,23-24,26-27,29-32,36,38,47-48,50-54,56-58H,3-4,9-10,15-16,19,22,25,28,33-35,37,39-46H2,1-2H3/b7-5-,8-6-,13-11-,14-12-,18-17-,21-20-,24-23-,27-26-,31-29-,32-30-,38-36-. The molecule has 0 bridgehead atoms. The molecule has 4 N–H and O–H groups in total. The van der Waals surface area contributed by atoms with Crippen molar-refractivity contribution < 1.29 is 44.2 Å². The first-order valence-electron chi connectivity index (χ1n) is 23.3. The molecule has 348 valence electrons. The molecule has 0 aromatic rings. The summed E-state index contributed by atoms with van der Waals surface area (Å²) in [5, 5.41) is 40.1. The third-order valence-electron chi connectivity index (χ3n) is 9.58. The quantitative estimate of drug-likeness (QED) is 0.0273. The molecule has 1 aliphatic heterocycles. The van der Waals surface area contributed by atoms with Crippen LogP contribution in [0.4, 0.5) is 0 Å². The summed E-state index contributed by atoms with van der Waals surface area (Å²) in [6.45, 7) is 4.13. The van der Waals surface area contributed by atoms with Crippen molar-refractivity contribution in [3.05, 3.63) is 134 Å². The molecule has 0 radical (unpaired) electrons. The molecule has 0 amide bonds. The van der Waals surface area contributed by atoms with Crippen molar-refractivity contribution in [2.24, 2.45) is 0 Å². The minimum atomic E-state index is -1.56. The van der Waals surface area contributed by atoms with Crippen molar-refractivity contribution in [3.63, 3.8) is 0 Å². The zero-order valence-corrected chi connectivity index (χ0v) is 38.1. The van der Waals surface area contributed by atoms with E-state index in [9.17, 15) is 25.2 Å². The van der Waals surface area contributed by atoms with Gasteiger partial charge in [0.05, 0.1) is 19.8 Å². The van der Waals surface area contributed by atoms with Crippen molar-refractivity contribution in [2.75, 3.05) is 26.4 Å². The fourth-order valence-electron chi connectivity index (χ4n) is 6.01. The van der Waals surface area contributed by atoms with Gasteiger partial charge in [0.2, 0.25) is 0 Å². The summed E-state index contributed by atoms with van der Waals surface area (Å²) in [6.07, 6.45) is 56.4. The second-order valence-corrected chi connectivity index (χ2v) is 15.1. The first-order valence-corrected chi connectivity index (χ1v) is 23.3. The van der Waals surface area contributed by atoms with Gasteiger partial charge in [0.1, 0.15) is 30.5 Å². The van der Waals surface area contributed by atoms with Crippen LogP contribution in [0.2, 0.25) is 0 Å². The van der Waals surface area contributed by atoms with Crippen LogP contribution < -0.4 is 0 Å². The van der Waals surface area contributed by atoms with E-state index in [1.54, 1.807) is 0 Å². The summed E-state index contributed by atoms with van der Waals surface area (Å²) >= 11 is 0. The molecule has 0 aliphatic carbocycles. The predicted molar refractivity (Wildman–Crippen MR) is 255 cm³/mol. The van der Waals surface area contributed by atoms with E-state index in [4.69, 9.17) is 18.9 Å². The zero-order valence-electron chi connectivity index (χ0n) is 38.1. The number of unbranched alkanes of at least 4 members (excludes halogenated alkanes) is 4. The highest BCUT2D eigenvalue weighted by Gasteiger charge is 2.44.